The molecule has 0 heterocycles. The molecule has 0 radical (unpaired) electrons. The third-order valence-electron chi connectivity index (χ3n) is 3.65. The molecular formula is C18H16O. The smallest absolute Gasteiger partial charge is 0.189 e. The van der Waals surface area contributed by atoms with E-state index in [1.165, 1.54) is 11.1 Å². The largest absolute Gasteiger partial charge is 0.289 e. The summed E-state index contributed by atoms with van der Waals surface area (Å²) in [5.41, 5.74) is 4.22. The number of hydrogen-bond acceptors (Lipinski definition) is 1. The lowest BCUT2D eigenvalue weighted by Gasteiger charge is -2.07. The normalized spacial score (nSPS) is 14.7. The first-order chi connectivity index (χ1) is 9.36. The van der Waals surface area contributed by atoms with Crippen molar-refractivity contribution in [3.05, 3.63) is 77.4 Å². The molecule has 0 aliphatic heterocycles. The zero-order valence-corrected chi connectivity index (χ0v) is 10.8. The number of carbonyl (C=O) groups is 1. The number of carbonyl (C=O) groups excluding carboxylic acids is 1. The maximum atomic E-state index is 12.6. The predicted molar refractivity (Wildman–Crippen MR) is 78.0 cm³/mol. The highest BCUT2D eigenvalue weighted by Gasteiger charge is 2.22. The van der Waals surface area contributed by atoms with Crippen LogP contribution in [-0.2, 0) is 0 Å². The quantitative estimate of drug-likeness (QED) is 0.730. The van der Waals surface area contributed by atoms with Crippen molar-refractivity contribution in [2.75, 3.05) is 0 Å². The molecule has 19 heavy (non-hydrogen) atoms. The third kappa shape index (κ3) is 2.37. The van der Waals surface area contributed by atoms with Crippen LogP contribution in [0.1, 0.15) is 35.2 Å². The zero-order valence-electron chi connectivity index (χ0n) is 10.8. The first-order valence-electron chi connectivity index (χ1n) is 6.73. The Balaban J connectivity index is 2.01. The van der Waals surface area contributed by atoms with Crippen molar-refractivity contribution < 1.29 is 4.79 Å². The Morgan fingerprint density at radius 1 is 0.789 bits per heavy atom. The lowest BCUT2D eigenvalue weighted by Crippen LogP contribution is -2.02. The van der Waals surface area contributed by atoms with Crippen LogP contribution in [0.4, 0.5) is 0 Å². The predicted octanol–water partition coefficient (Wildman–Crippen LogP) is 4.51. The van der Waals surface area contributed by atoms with Gasteiger partial charge in [-0.3, -0.25) is 4.79 Å². The summed E-state index contributed by atoms with van der Waals surface area (Å²) in [6.45, 7) is 0. The number of benzene rings is 2. The summed E-state index contributed by atoms with van der Waals surface area (Å²) < 4.78 is 0. The second kappa shape index (κ2) is 5.23. The molecule has 0 atom stereocenters. The molecule has 0 N–H and O–H groups in total. The van der Waals surface area contributed by atoms with E-state index in [9.17, 15) is 4.79 Å². The second-order valence-corrected chi connectivity index (χ2v) is 4.87. The van der Waals surface area contributed by atoms with Gasteiger partial charge in [-0.05, 0) is 30.4 Å². The van der Waals surface area contributed by atoms with Gasteiger partial charge in [0.05, 0.1) is 0 Å². The minimum Gasteiger partial charge on any atom is -0.289 e. The van der Waals surface area contributed by atoms with Gasteiger partial charge in [-0.2, -0.15) is 0 Å². The second-order valence-electron chi connectivity index (χ2n) is 4.87. The molecule has 2 aromatic carbocycles. The third-order valence-corrected chi connectivity index (χ3v) is 3.65. The summed E-state index contributed by atoms with van der Waals surface area (Å²) >= 11 is 0. The average molecular weight is 248 g/mol. The summed E-state index contributed by atoms with van der Waals surface area (Å²) in [5, 5.41) is 0. The van der Waals surface area contributed by atoms with Crippen molar-refractivity contribution in [1.29, 1.82) is 0 Å². The van der Waals surface area contributed by atoms with Gasteiger partial charge in [-0.15, -0.1) is 0 Å². The Hall–Kier alpha value is -2.15. The number of rotatable bonds is 3. The number of ketones is 1. The van der Waals surface area contributed by atoms with E-state index in [-0.39, 0.29) is 5.78 Å². The summed E-state index contributed by atoms with van der Waals surface area (Å²) in [7, 11) is 0. The van der Waals surface area contributed by atoms with Crippen LogP contribution < -0.4 is 0 Å². The van der Waals surface area contributed by atoms with E-state index in [0.29, 0.717) is 0 Å². The van der Waals surface area contributed by atoms with Crippen molar-refractivity contribution in [2.24, 2.45) is 0 Å². The molecule has 0 aromatic heterocycles. The van der Waals surface area contributed by atoms with E-state index < -0.39 is 0 Å². The molecule has 0 amide bonds. The average Bonchev–Trinajstić information content (AvgIpc) is 2.98. The molecule has 0 spiro atoms. The van der Waals surface area contributed by atoms with Crippen LogP contribution in [0.25, 0.3) is 5.57 Å². The summed E-state index contributed by atoms with van der Waals surface area (Å²) in [4.78, 5) is 12.6. The molecule has 2 aromatic rings. The van der Waals surface area contributed by atoms with Crippen molar-refractivity contribution >= 4 is 11.4 Å². The molecular weight excluding hydrogens is 232 g/mol. The Labute approximate surface area is 113 Å². The topological polar surface area (TPSA) is 17.1 Å². The van der Waals surface area contributed by atoms with Crippen LogP contribution in [-0.4, -0.2) is 5.78 Å². The summed E-state index contributed by atoms with van der Waals surface area (Å²) in [6.07, 6.45) is 2.99. The summed E-state index contributed by atoms with van der Waals surface area (Å²) in [5.74, 6) is 0.192. The first kappa shape index (κ1) is 11.9. The van der Waals surface area contributed by atoms with Gasteiger partial charge in [-0.1, -0.05) is 60.7 Å². The van der Waals surface area contributed by atoms with Gasteiger partial charge in [0.15, 0.2) is 5.78 Å². The SMILES string of the molecule is O=C(C1=C(c2ccccc2)CCC1)c1ccccc1. The molecule has 1 heteroatoms. The molecule has 1 nitrogen and oxygen atoms in total. The highest BCUT2D eigenvalue weighted by atomic mass is 16.1. The van der Waals surface area contributed by atoms with E-state index >= 15 is 0 Å². The molecule has 0 saturated heterocycles. The Kier molecular flexibility index (Phi) is 3.28. The van der Waals surface area contributed by atoms with Gasteiger partial charge in [0.25, 0.3) is 0 Å². The van der Waals surface area contributed by atoms with Crippen LogP contribution in [0.3, 0.4) is 0 Å². The van der Waals surface area contributed by atoms with Crippen LogP contribution in [0.5, 0.6) is 0 Å². The van der Waals surface area contributed by atoms with Crippen molar-refractivity contribution in [3.8, 4) is 0 Å². The van der Waals surface area contributed by atoms with Crippen molar-refractivity contribution in [3.63, 3.8) is 0 Å². The minimum absolute atomic E-state index is 0.192. The van der Waals surface area contributed by atoms with E-state index in [4.69, 9.17) is 0 Å². The standard InChI is InChI=1S/C18H16O/c19-18(15-10-5-2-6-11-15)17-13-7-12-16(17)14-8-3-1-4-9-14/h1-6,8-11H,7,12-13H2. The Morgan fingerprint density at radius 3 is 2.11 bits per heavy atom. The van der Waals surface area contributed by atoms with Crippen molar-refractivity contribution in [1.82, 2.24) is 0 Å². The van der Waals surface area contributed by atoms with Gasteiger partial charge < -0.3 is 0 Å². The molecule has 0 unspecified atom stereocenters. The van der Waals surface area contributed by atoms with Gasteiger partial charge in [0.2, 0.25) is 0 Å². The molecule has 0 fully saturated rings. The van der Waals surface area contributed by atoms with E-state index in [0.717, 1.165) is 30.4 Å². The van der Waals surface area contributed by atoms with Gasteiger partial charge in [-0.25, -0.2) is 0 Å². The first-order valence-corrected chi connectivity index (χ1v) is 6.73. The highest BCUT2D eigenvalue weighted by molar-refractivity contribution is 6.13. The van der Waals surface area contributed by atoms with Crippen LogP contribution in [0, 0.1) is 0 Å². The maximum Gasteiger partial charge on any atom is 0.189 e. The number of allylic oxidation sites excluding steroid dienone is 2. The fourth-order valence-electron chi connectivity index (χ4n) is 2.72. The fourth-order valence-corrected chi connectivity index (χ4v) is 2.72. The van der Waals surface area contributed by atoms with E-state index in [2.05, 4.69) is 12.1 Å². The lowest BCUT2D eigenvalue weighted by molar-refractivity contribution is 0.103. The van der Waals surface area contributed by atoms with E-state index in [1.54, 1.807) is 0 Å². The van der Waals surface area contributed by atoms with Gasteiger partial charge in [0.1, 0.15) is 0 Å². The van der Waals surface area contributed by atoms with Crippen LogP contribution >= 0.6 is 0 Å². The molecule has 94 valence electrons. The molecule has 3 rings (SSSR count). The highest BCUT2D eigenvalue weighted by Crippen LogP contribution is 2.35. The van der Waals surface area contributed by atoms with Crippen LogP contribution in [0.2, 0.25) is 0 Å². The Bertz CT molecular complexity index is 609. The molecule has 0 bridgehead atoms. The Morgan fingerprint density at radius 2 is 1.42 bits per heavy atom. The monoisotopic (exact) mass is 248 g/mol. The maximum absolute atomic E-state index is 12.6. The number of Topliss-reactive ketones (excluding diaryl/α,β-unsaturated/α-hetero) is 1. The zero-order chi connectivity index (χ0) is 13.1. The van der Waals surface area contributed by atoms with Gasteiger partial charge >= 0.3 is 0 Å². The lowest BCUT2D eigenvalue weighted by atomic mass is 9.96. The van der Waals surface area contributed by atoms with Crippen LogP contribution in [0.15, 0.2) is 66.2 Å². The molecule has 0 saturated carbocycles. The van der Waals surface area contributed by atoms with E-state index in [1.807, 2.05) is 48.5 Å². The van der Waals surface area contributed by atoms with Crippen molar-refractivity contribution in [2.45, 2.75) is 19.3 Å². The molecule has 1 aliphatic rings. The summed E-state index contributed by atoms with van der Waals surface area (Å²) in [6, 6.07) is 19.9. The van der Waals surface area contributed by atoms with Gasteiger partial charge in [0, 0.05) is 11.1 Å². The minimum atomic E-state index is 0.192. The number of hydrogen-bond donors (Lipinski definition) is 0. The fraction of sp³-hybridized carbons (Fsp3) is 0.167. The molecule has 1 aliphatic carbocycles.